The summed E-state index contributed by atoms with van der Waals surface area (Å²) in [5, 5.41) is 9.55. The molecule has 3 heteroatoms. The van der Waals surface area contributed by atoms with Crippen LogP contribution in [0.25, 0.3) is 0 Å². The Labute approximate surface area is 66.7 Å². The Kier molecular flexibility index (Phi) is 1.76. The second-order valence-corrected chi connectivity index (χ2v) is 3.34. The van der Waals surface area contributed by atoms with E-state index in [9.17, 15) is 5.11 Å². The van der Waals surface area contributed by atoms with Crippen molar-refractivity contribution in [2.45, 2.75) is 26.4 Å². The molecule has 0 aliphatic rings. The molecule has 0 fully saturated rings. The summed E-state index contributed by atoms with van der Waals surface area (Å²) in [6, 6.07) is 0. The third-order valence-corrected chi connectivity index (χ3v) is 1.74. The number of rotatable bonds is 1. The zero-order valence-corrected chi connectivity index (χ0v) is 7.42. The second-order valence-electron chi connectivity index (χ2n) is 3.34. The summed E-state index contributed by atoms with van der Waals surface area (Å²) in [7, 11) is 1.91. The van der Waals surface area contributed by atoms with Crippen molar-refractivity contribution in [1.82, 2.24) is 9.55 Å². The molecule has 1 aromatic rings. The third-order valence-electron chi connectivity index (χ3n) is 1.74. The highest BCUT2D eigenvalue weighted by Gasteiger charge is 2.19. The van der Waals surface area contributed by atoms with E-state index in [1.165, 1.54) is 0 Å². The fourth-order valence-corrected chi connectivity index (χ4v) is 0.854. The zero-order chi connectivity index (χ0) is 8.65. The molecule has 62 valence electrons. The number of nitrogens with zero attached hydrogens (tertiary/aromatic N) is 2. The van der Waals surface area contributed by atoms with Crippen LogP contribution in [0, 0.1) is 6.92 Å². The van der Waals surface area contributed by atoms with E-state index >= 15 is 0 Å². The Balaban J connectivity index is 3.08. The molecule has 3 nitrogen and oxygen atoms in total. The van der Waals surface area contributed by atoms with Crippen molar-refractivity contribution in [1.29, 1.82) is 0 Å². The van der Waals surface area contributed by atoms with Gasteiger partial charge >= 0.3 is 0 Å². The quantitative estimate of drug-likeness (QED) is 0.654. The molecule has 0 saturated carbocycles. The minimum absolute atomic E-state index is 0.720. The van der Waals surface area contributed by atoms with Gasteiger partial charge in [-0.15, -0.1) is 0 Å². The molecule has 1 aromatic heterocycles. The Morgan fingerprint density at radius 2 is 2.09 bits per heavy atom. The Morgan fingerprint density at radius 1 is 1.55 bits per heavy atom. The summed E-state index contributed by atoms with van der Waals surface area (Å²) < 4.78 is 1.90. The molecule has 0 atom stereocenters. The molecule has 0 aliphatic heterocycles. The van der Waals surface area contributed by atoms with Gasteiger partial charge < -0.3 is 9.67 Å². The van der Waals surface area contributed by atoms with Crippen molar-refractivity contribution in [2.75, 3.05) is 0 Å². The van der Waals surface area contributed by atoms with E-state index in [1.54, 1.807) is 13.8 Å². The molecule has 0 saturated heterocycles. The molecule has 0 aromatic carbocycles. The van der Waals surface area contributed by atoms with E-state index in [2.05, 4.69) is 4.98 Å². The molecule has 0 amide bonds. The average Bonchev–Trinajstić information content (AvgIpc) is 2.11. The number of hydrogen-bond acceptors (Lipinski definition) is 2. The van der Waals surface area contributed by atoms with Crippen molar-refractivity contribution in [3.05, 3.63) is 17.7 Å². The van der Waals surface area contributed by atoms with Gasteiger partial charge in [-0.1, -0.05) is 0 Å². The predicted octanol–water partition coefficient (Wildman–Crippen LogP) is 0.956. The zero-order valence-electron chi connectivity index (χ0n) is 7.42. The highest BCUT2D eigenvalue weighted by atomic mass is 16.3. The number of aryl methyl sites for hydroxylation is 2. The molecule has 0 unspecified atom stereocenters. The Bertz CT molecular complexity index is 238. The summed E-state index contributed by atoms with van der Waals surface area (Å²) in [5.74, 6) is 0.919. The summed E-state index contributed by atoms with van der Waals surface area (Å²) in [4.78, 5) is 4.19. The summed E-state index contributed by atoms with van der Waals surface area (Å²) in [5.41, 5.74) is -0.107. The van der Waals surface area contributed by atoms with Gasteiger partial charge in [0.2, 0.25) is 0 Å². The van der Waals surface area contributed by atoms with Gasteiger partial charge in [0.25, 0.3) is 0 Å². The van der Waals surface area contributed by atoms with Crippen molar-refractivity contribution in [3.8, 4) is 0 Å². The van der Waals surface area contributed by atoms with Crippen molar-refractivity contribution >= 4 is 0 Å². The maximum atomic E-state index is 9.55. The average molecular weight is 154 g/mol. The lowest BCUT2D eigenvalue weighted by atomic mass is 10.1. The van der Waals surface area contributed by atoms with Crippen LogP contribution in [0.5, 0.6) is 0 Å². The van der Waals surface area contributed by atoms with Gasteiger partial charge in [-0.25, -0.2) is 4.98 Å². The molecule has 0 aliphatic carbocycles. The first kappa shape index (κ1) is 8.27. The van der Waals surface area contributed by atoms with Gasteiger partial charge in [-0.05, 0) is 20.8 Å². The van der Waals surface area contributed by atoms with E-state index in [1.807, 2.05) is 24.7 Å². The highest BCUT2D eigenvalue weighted by molar-refractivity contribution is 5.09. The van der Waals surface area contributed by atoms with Crippen molar-refractivity contribution in [2.24, 2.45) is 7.05 Å². The van der Waals surface area contributed by atoms with Crippen LogP contribution in [-0.4, -0.2) is 14.7 Å². The fraction of sp³-hybridized carbons (Fsp3) is 0.625. The number of aliphatic hydroxyl groups is 1. The fourth-order valence-electron chi connectivity index (χ4n) is 0.854. The van der Waals surface area contributed by atoms with E-state index in [-0.39, 0.29) is 0 Å². The first-order valence-corrected chi connectivity index (χ1v) is 3.64. The van der Waals surface area contributed by atoms with Crippen LogP contribution in [0.3, 0.4) is 0 Å². The maximum Gasteiger partial charge on any atom is 0.105 e. The Hall–Kier alpha value is -0.830. The summed E-state index contributed by atoms with van der Waals surface area (Å²) in [6.45, 7) is 5.37. The van der Waals surface area contributed by atoms with Crippen LogP contribution in [0.1, 0.15) is 25.4 Å². The molecule has 0 bridgehead atoms. The van der Waals surface area contributed by atoms with Crippen molar-refractivity contribution in [3.63, 3.8) is 0 Å². The van der Waals surface area contributed by atoms with Gasteiger partial charge in [0.15, 0.2) is 0 Å². The molecule has 1 N–H and O–H groups in total. The topological polar surface area (TPSA) is 38.1 Å². The SMILES string of the molecule is Cc1nc(C(C)(C)O)cn1C. The van der Waals surface area contributed by atoms with E-state index in [4.69, 9.17) is 0 Å². The number of aromatic nitrogens is 2. The number of imidazole rings is 1. The van der Waals surface area contributed by atoms with E-state index in [0.29, 0.717) is 0 Å². The van der Waals surface area contributed by atoms with E-state index < -0.39 is 5.60 Å². The van der Waals surface area contributed by atoms with Crippen LogP contribution in [0.4, 0.5) is 0 Å². The van der Waals surface area contributed by atoms with Gasteiger partial charge in [-0.2, -0.15) is 0 Å². The monoisotopic (exact) mass is 154 g/mol. The minimum Gasteiger partial charge on any atom is -0.384 e. The van der Waals surface area contributed by atoms with Gasteiger partial charge in [0.05, 0.1) is 5.69 Å². The van der Waals surface area contributed by atoms with Gasteiger partial charge in [-0.3, -0.25) is 0 Å². The predicted molar refractivity (Wildman–Crippen MR) is 43.2 cm³/mol. The van der Waals surface area contributed by atoms with Crippen molar-refractivity contribution < 1.29 is 5.11 Å². The van der Waals surface area contributed by atoms with Crippen LogP contribution in [-0.2, 0) is 12.6 Å². The van der Waals surface area contributed by atoms with Crippen LogP contribution in [0.15, 0.2) is 6.20 Å². The highest BCUT2D eigenvalue weighted by Crippen LogP contribution is 2.17. The molecule has 11 heavy (non-hydrogen) atoms. The lowest BCUT2D eigenvalue weighted by Crippen LogP contribution is -2.15. The normalized spacial score (nSPS) is 12.1. The first-order chi connectivity index (χ1) is 4.91. The number of hydrogen-bond donors (Lipinski definition) is 1. The second kappa shape index (κ2) is 2.34. The Morgan fingerprint density at radius 3 is 2.27 bits per heavy atom. The largest absolute Gasteiger partial charge is 0.384 e. The minimum atomic E-state index is -0.827. The van der Waals surface area contributed by atoms with E-state index in [0.717, 1.165) is 11.5 Å². The summed E-state index contributed by atoms with van der Waals surface area (Å²) >= 11 is 0. The van der Waals surface area contributed by atoms with Gasteiger partial charge in [0, 0.05) is 13.2 Å². The lowest BCUT2D eigenvalue weighted by Gasteiger charge is -2.12. The maximum absolute atomic E-state index is 9.55. The third kappa shape index (κ3) is 1.60. The molecule has 0 radical (unpaired) electrons. The van der Waals surface area contributed by atoms with Crippen LogP contribution >= 0.6 is 0 Å². The van der Waals surface area contributed by atoms with Crippen LogP contribution < -0.4 is 0 Å². The molecule has 1 rings (SSSR count). The standard InChI is InChI=1S/C8H14N2O/c1-6-9-7(5-10(6)4)8(2,3)11/h5,11H,1-4H3. The molecular formula is C8H14N2O. The van der Waals surface area contributed by atoms with Gasteiger partial charge in [0.1, 0.15) is 11.4 Å². The molecule has 1 heterocycles. The first-order valence-electron chi connectivity index (χ1n) is 3.64. The smallest absolute Gasteiger partial charge is 0.105 e. The van der Waals surface area contributed by atoms with Crippen LogP contribution in [0.2, 0.25) is 0 Å². The molecular weight excluding hydrogens is 140 g/mol. The lowest BCUT2D eigenvalue weighted by molar-refractivity contribution is 0.0741. The molecule has 0 spiro atoms. The summed E-state index contributed by atoms with van der Waals surface area (Å²) in [6.07, 6.45) is 1.84.